The molecule has 0 radical (unpaired) electrons. The summed E-state index contributed by atoms with van der Waals surface area (Å²) in [5, 5.41) is 6.59. The van der Waals surface area contributed by atoms with E-state index in [1.54, 1.807) is 0 Å². The highest BCUT2D eigenvalue weighted by Gasteiger charge is 2.30. The third-order valence-electron chi connectivity index (χ3n) is 4.98. The van der Waals surface area contributed by atoms with Gasteiger partial charge in [0, 0.05) is 18.6 Å². The Bertz CT molecular complexity index is 867. The second-order valence-electron chi connectivity index (χ2n) is 8.13. The molecular formula is C24H33N3O3. The van der Waals surface area contributed by atoms with Crippen LogP contribution < -0.4 is 25.0 Å². The molecule has 30 heavy (non-hydrogen) atoms. The Balaban J connectivity index is 1.56. The van der Waals surface area contributed by atoms with Crippen LogP contribution in [0.15, 0.2) is 42.5 Å². The van der Waals surface area contributed by atoms with E-state index >= 15 is 0 Å². The van der Waals surface area contributed by atoms with Gasteiger partial charge in [-0.05, 0) is 63.9 Å². The van der Waals surface area contributed by atoms with E-state index in [-0.39, 0.29) is 11.4 Å². The van der Waals surface area contributed by atoms with Gasteiger partial charge in [-0.2, -0.15) is 0 Å². The van der Waals surface area contributed by atoms with Gasteiger partial charge < -0.3 is 25.0 Å². The van der Waals surface area contributed by atoms with Crippen molar-refractivity contribution in [2.45, 2.75) is 39.7 Å². The highest BCUT2D eigenvalue weighted by atomic mass is 16.5. The van der Waals surface area contributed by atoms with Crippen LogP contribution in [-0.2, 0) is 11.2 Å². The van der Waals surface area contributed by atoms with E-state index in [2.05, 4.69) is 41.5 Å². The van der Waals surface area contributed by atoms with Crippen LogP contribution in [0.25, 0.3) is 0 Å². The van der Waals surface area contributed by atoms with Crippen LogP contribution in [0.2, 0.25) is 0 Å². The standard InChI is InChI=1S/C24H33N3O3/c1-5-29-21-12-11-18(15-22(21)30-6-2)13-14-25-23(28)16-27-17-24(3,4)26-19-9-7-8-10-20(19)27/h7-12,15,26H,5-6,13-14,16-17H2,1-4H3,(H,25,28). The molecule has 1 amide bonds. The summed E-state index contributed by atoms with van der Waals surface area (Å²) in [4.78, 5) is 14.8. The molecule has 6 heteroatoms. The number of para-hydroxylation sites is 2. The molecule has 0 atom stereocenters. The van der Waals surface area contributed by atoms with Crippen molar-refractivity contribution in [3.05, 3.63) is 48.0 Å². The van der Waals surface area contributed by atoms with E-state index in [1.165, 1.54) is 0 Å². The van der Waals surface area contributed by atoms with E-state index in [1.807, 2.05) is 44.2 Å². The fourth-order valence-electron chi connectivity index (χ4n) is 3.79. The van der Waals surface area contributed by atoms with E-state index in [9.17, 15) is 4.79 Å². The van der Waals surface area contributed by atoms with Crippen molar-refractivity contribution in [2.24, 2.45) is 0 Å². The van der Waals surface area contributed by atoms with Crippen LogP contribution in [0, 0.1) is 0 Å². The first kappa shape index (κ1) is 21.8. The van der Waals surface area contributed by atoms with Crippen molar-refractivity contribution in [2.75, 3.05) is 43.1 Å². The predicted molar refractivity (Wildman–Crippen MR) is 122 cm³/mol. The molecule has 2 aromatic carbocycles. The molecule has 2 aromatic rings. The van der Waals surface area contributed by atoms with Gasteiger partial charge in [0.15, 0.2) is 11.5 Å². The summed E-state index contributed by atoms with van der Waals surface area (Å²) < 4.78 is 11.3. The molecule has 0 aromatic heterocycles. The van der Waals surface area contributed by atoms with Crippen LogP contribution in [0.5, 0.6) is 11.5 Å². The van der Waals surface area contributed by atoms with Crippen molar-refractivity contribution in [3.63, 3.8) is 0 Å². The van der Waals surface area contributed by atoms with E-state index in [0.29, 0.717) is 26.3 Å². The number of fused-ring (bicyclic) bond motifs is 1. The Morgan fingerprint density at radius 2 is 1.83 bits per heavy atom. The Morgan fingerprint density at radius 1 is 1.10 bits per heavy atom. The van der Waals surface area contributed by atoms with Crippen molar-refractivity contribution in [1.29, 1.82) is 0 Å². The fourth-order valence-corrected chi connectivity index (χ4v) is 3.79. The van der Waals surface area contributed by atoms with Gasteiger partial charge in [-0.25, -0.2) is 0 Å². The molecule has 162 valence electrons. The van der Waals surface area contributed by atoms with Gasteiger partial charge in [0.2, 0.25) is 5.91 Å². The molecule has 0 saturated heterocycles. The Labute approximate surface area is 179 Å². The minimum atomic E-state index is -0.0907. The molecule has 0 fully saturated rings. The number of hydrogen-bond donors (Lipinski definition) is 2. The van der Waals surface area contributed by atoms with Crippen LogP contribution in [0.4, 0.5) is 11.4 Å². The number of ether oxygens (including phenoxy) is 2. The van der Waals surface area contributed by atoms with Crippen LogP contribution in [0.3, 0.4) is 0 Å². The van der Waals surface area contributed by atoms with Crippen molar-refractivity contribution < 1.29 is 14.3 Å². The van der Waals surface area contributed by atoms with Gasteiger partial charge in [0.25, 0.3) is 0 Å². The molecule has 1 aliphatic rings. The number of amides is 1. The minimum Gasteiger partial charge on any atom is -0.490 e. The topological polar surface area (TPSA) is 62.8 Å². The van der Waals surface area contributed by atoms with Crippen molar-refractivity contribution in [1.82, 2.24) is 5.32 Å². The summed E-state index contributed by atoms with van der Waals surface area (Å²) in [6.45, 7) is 11.1. The summed E-state index contributed by atoms with van der Waals surface area (Å²) >= 11 is 0. The molecule has 0 spiro atoms. The zero-order valence-corrected chi connectivity index (χ0v) is 18.5. The van der Waals surface area contributed by atoms with Crippen LogP contribution in [-0.4, -0.2) is 44.3 Å². The molecular weight excluding hydrogens is 378 g/mol. The average molecular weight is 412 g/mol. The predicted octanol–water partition coefficient (Wildman–Crippen LogP) is 3.85. The maximum Gasteiger partial charge on any atom is 0.239 e. The smallest absolute Gasteiger partial charge is 0.239 e. The fraction of sp³-hybridized carbons (Fsp3) is 0.458. The number of benzene rings is 2. The monoisotopic (exact) mass is 411 g/mol. The highest BCUT2D eigenvalue weighted by Crippen LogP contribution is 2.33. The number of nitrogens with zero attached hydrogens (tertiary/aromatic N) is 1. The normalized spacial score (nSPS) is 14.5. The van der Waals surface area contributed by atoms with Gasteiger partial charge >= 0.3 is 0 Å². The molecule has 0 aliphatic carbocycles. The lowest BCUT2D eigenvalue weighted by atomic mass is 9.99. The Kier molecular flexibility index (Phi) is 7.08. The highest BCUT2D eigenvalue weighted by molar-refractivity contribution is 5.84. The lowest BCUT2D eigenvalue weighted by molar-refractivity contribution is -0.119. The quantitative estimate of drug-likeness (QED) is 0.656. The number of nitrogens with one attached hydrogen (secondary N) is 2. The van der Waals surface area contributed by atoms with Crippen LogP contribution >= 0.6 is 0 Å². The zero-order chi connectivity index (χ0) is 21.6. The maximum absolute atomic E-state index is 12.6. The van der Waals surface area contributed by atoms with E-state index in [4.69, 9.17) is 9.47 Å². The van der Waals surface area contributed by atoms with Gasteiger partial charge in [-0.1, -0.05) is 18.2 Å². The first-order chi connectivity index (χ1) is 14.4. The van der Waals surface area contributed by atoms with E-state index < -0.39 is 0 Å². The largest absolute Gasteiger partial charge is 0.490 e. The Hall–Kier alpha value is -2.89. The number of carbonyl (C=O) groups excluding carboxylic acids is 1. The average Bonchev–Trinajstić information content (AvgIpc) is 2.69. The molecule has 3 rings (SSSR count). The number of carbonyl (C=O) groups is 1. The van der Waals surface area contributed by atoms with Gasteiger partial charge in [0.1, 0.15) is 0 Å². The summed E-state index contributed by atoms with van der Waals surface area (Å²) in [7, 11) is 0. The molecule has 6 nitrogen and oxygen atoms in total. The van der Waals surface area contributed by atoms with Gasteiger partial charge in [-0.3, -0.25) is 4.79 Å². The van der Waals surface area contributed by atoms with Crippen LogP contribution in [0.1, 0.15) is 33.3 Å². The molecule has 0 unspecified atom stereocenters. The number of anilines is 2. The lowest BCUT2D eigenvalue weighted by Crippen LogP contribution is -2.51. The molecule has 0 saturated carbocycles. The molecule has 0 bridgehead atoms. The second-order valence-corrected chi connectivity index (χ2v) is 8.13. The minimum absolute atomic E-state index is 0.0264. The van der Waals surface area contributed by atoms with Gasteiger partial charge in [-0.15, -0.1) is 0 Å². The van der Waals surface area contributed by atoms with E-state index in [0.717, 1.165) is 41.4 Å². The third kappa shape index (κ3) is 5.59. The van der Waals surface area contributed by atoms with Crippen molar-refractivity contribution >= 4 is 17.3 Å². The van der Waals surface area contributed by atoms with Gasteiger partial charge in [0.05, 0.1) is 31.1 Å². The third-order valence-corrected chi connectivity index (χ3v) is 4.98. The maximum atomic E-state index is 12.6. The molecule has 1 heterocycles. The number of hydrogen-bond acceptors (Lipinski definition) is 5. The SMILES string of the molecule is CCOc1ccc(CCNC(=O)CN2CC(C)(C)Nc3ccccc32)cc1OCC. The summed E-state index contributed by atoms with van der Waals surface area (Å²) in [6, 6.07) is 14.1. The lowest BCUT2D eigenvalue weighted by Gasteiger charge is -2.41. The summed E-state index contributed by atoms with van der Waals surface area (Å²) in [6.07, 6.45) is 0.738. The first-order valence-corrected chi connectivity index (χ1v) is 10.7. The summed E-state index contributed by atoms with van der Waals surface area (Å²) in [5.41, 5.74) is 3.15. The second kappa shape index (κ2) is 9.74. The summed E-state index contributed by atoms with van der Waals surface area (Å²) in [5.74, 6) is 1.54. The molecule has 2 N–H and O–H groups in total. The van der Waals surface area contributed by atoms with Crippen molar-refractivity contribution in [3.8, 4) is 11.5 Å². The Morgan fingerprint density at radius 3 is 2.60 bits per heavy atom. The number of rotatable bonds is 9. The first-order valence-electron chi connectivity index (χ1n) is 10.7. The zero-order valence-electron chi connectivity index (χ0n) is 18.5. The molecule has 1 aliphatic heterocycles.